The Hall–Kier alpha value is -2.47. The molecule has 26 heavy (non-hydrogen) atoms. The molecule has 0 aromatic carbocycles. The second-order valence-corrected chi connectivity index (χ2v) is 6.56. The zero-order chi connectivity index (χ0) is 19.2. The molecule has 3 aliphatic heterocycles. The van der Waals surface area contributed by atoms with Gasteiger partial charge in [0.05, 0.1) is 31.8 Å². The number of alkyl halides is 2. The number of carbonyl (C=O) groups excluding carboxylic acids is 2. The van der Waals surface area contributed by atoms with Crippen LogP contribution in [0.5, 0.6) is 0 Å². The number of hydrogen-bond donors (Lipinski definition) is 3. The molecule has 10 nitrogen and oxygen atoms in total. The third kappa shape index (κ3) is 3.17. The molecular formula is C14H18F2N4O6. The molecule has 0 aromatic rings. The molecule has 0 unspecified atom stereocenters. The molecule has 144 valence electrons. The summed E-state index contributed by atoms with van der Waals surface area (Å²) in [6.07, 6.45) is -0.622. The van der Waals surface area contributed by atoms with Crippen molar-refractivity contribution in [3.05, 3.63) is 11.6 Å². The molecule has 0 spiro atoms. The van der Waals surface area contributed by atoms with E-state index in [2.05, 4.69) is 5.48 Å². The van der Waals surface area contributed by atoms with E-state index < -0.39 is 61.7 Å². The normalized spacial score (nSPS) is 29.8. The van der Waals surface area contributed by atoms with Crippen LogP contribution in [0.2, 0.25) is 0 Å². The zero-order valence-electron chi connectivity index (χ0n) is 13.8. The highest BCUT2D eigenvalue weighted by molar-refractivity contribution is 5.91. The summed E-state index contributed by atoms with van der Waals surface area (Å²) in [6, 6.07) is -3.36. The van der Waals surface area contributed by atoms with Crippen molar-refractivity contribution in [3.8, 4) is 0 Å². The van der Waals surface area contributed by atoms with Crippen molar-refractivity contribution in [1.82, 2.24) is 20.3 Å². The van der Waals surface area contributed by atoms with E-state index in [1.54, 1.807) is 13.0 Å². The number of carboxylic acid groups (broad SMARTS) is 1. The fourth-order valence-corrected chi connectivity index (χ4v) is 3.49. The van der Waals surface area contributed by atoms with Crippen molar-refractivity contribution in [1.29, 1.82) is 0 Å². The van der Waals surface area contributed by atoms with Gasteiger partial charge in [-0.15, -0.1) is 0 Å². The molecular weight excluding hydrogens is 358 g/mol. The highest BCUT2D eigenvalue weighted by atomic mass is 19.3. The van der Waals surface area contributed by atoms with Crippen LogP contribution >= 0.6 is 0 Å². The first-order chi connectivity index (χ1) is 12.1. The predicted octanol–water partition coefficient (Wildman–Crippen LogP) is 0.246. The van der Waals surface area contributed by atoms with E-state index in [1.807, 2.05) is 0 Å². The molecule has 3 atom stereocenters. The minimum Gasteiger partial charge on any atom is -0.465 e. The number of hydroxylamine groups is 3. The second-order valence-electron chi connectivity index (χ2n) is 6.56. The van der Waals surface area contributed by atoms with Gasteiger partial charge >= 0.3 is 12.1 Å². The van der Waals surface area contributed by atoms with Gasteiger partial charge < -0.3 is 10.0 Å². The largest absolute Gasteiger partial charge is 0.465 e. The molecule has 4 amide bonds. The monoisotopic (exact) mass is 376 g/mol. The highest BCUT2D eigenvalue weighted by Crippen LogP contribution is 2.32. The van der Waals surface area contributed by atoms with E-state index in [1.165, 1.54) is 0 Å². The van der Waals surface area contributed by atoms with Crippen molar-refractivity contribution in [2.45, 2.75) is 37.4 Å². The van der Waals surface area contributed by atoms with Gasteiger partial charge in [0.25, 0.3) is 11.8 Å². The van der Waals surface area contributed by atoms with E-state index in [0.717, 1.165) is 4.90 Å². The molecule has 0 aliphatic carbocycles. The van der Waals surface area contributed by atoms with Crippen LogP contribution in [0.15, 0.2) is 11.6 Å². The van der Waals surface area contributed by atoms with E-state index in [9.17, 15) is 28.4 Å². The Kier molecular flexibility index (Phi) is 4.48. The number of rotatable bonds is 4. The van der Waals surface area contributed by atoms with Gasteiger partial charge in [0, 0.05) is 6.42 Å². The van der Waals surface area contributed by atoms with Crippen LogP contribution in [0.25, 0.3) is 0 Å². The minimum absolute atomic E-state index is 0.131. The van der Waals surface area contributed by atoms with E-state index in [0.29, 0.717) is 15.5 Å². The van der Waals surface area contributed by atoms with Crippen LogP contribution in [0, 0.1) is 0 Å². The van der Waals surface area contributed by atoms with Crippen molar-refractivity contribution >= 4 is 18.0 Å². The Labute approximate surface area is 146 Å². The number of amides is 4. The average molecular weight is 376 g/mol. The van der Waals surface area contributed by atoms with E-state index >= 15 is 0 Å². The molecule has 12 heteroatoms. The van der Waals surface area contributed by atoms with E-state index in [4.69, 9.17) is 9.94 Å². The Morgan fingerprint density at radius 1 is 1.46 bits per heavy atom. The fourth-order valence-electron chi connectivity index (χ4n) is 3.49. The van der Waals surface area contributed by atoms with Gasteiger partial charge in [0.15, 0.2) is 0 Å². The smallest absolute Gasteiger partial charge is 0.407 e. The average Bonchev–Trinajstić information content (AvgIpc) is 2.97. The molecule has 3 aliphatic rings. The van der Waals surface area contributed by atoms with Crippen LogP contribution in [-0.4, -0.2) is 87.0 Å². The van der Waals surface area contributed by atoms with Crippen LogP contribution in [-0.2, 0) is 9.63 Å². The van der Waals surface area contributed by atoms with Crippen molar-refractivity contribution < 1.29 is 38.3 Å². The van der Waals surface area contributed by atoms with Gasteiger partial charge in [0.1, 0.15) is 6.04 Å². The second kappa shape index (κ2) is 6.36. The van der Waals surface area contributed by atoms with Gasteiger partial charge in [-0.05, 0) is 12.5 Å². The quantitative estimate of drug-likeness (QED) is 0.367. The maximum absolute atomic E-state index is 13.4. The first kappa shape index (κ1) is 18.3. The molecule has 2 saturated heterocycles. The lowest BCUT2D eigenvalue weighted by atomic mass is 10.0. The Balaban J connectivity index is 1.58. The summed E-state index contributed by atoms with van der Waals surface area (Å²) >= 11 is 0. The topological polar surface area (TPSA) is 123 Å². The summed E-state index contributed by atoms with van der Waals surface area (Å²) in [5.74, 6) is -3.87. The highest BCUT2D eigenvalue weighted by Gasteiger charge is 2.48. The molecule has 0 radical (unpaired) electrons. The number of nitrogens with zero attached hydrogens (tertiary/aromatic N) is 3. The molecule has 3 N–H and O–H groups in total. The van der Waals surface area contributed by atoms with Gasteiger partial charge in [-0.2, -0.15) is 5.06 Å². The number of carbonyl (C=O) groups is 3. The fraction of sp³-hybridized carbons (Fsp3) is 0.643. The SMILES string of the molecule is CC1=C[C@@H]2CN(C(=O)N2O)[C@@H]1C(=O)NOC[C@@H]1CC(F)(F)CN1C(=O)O. The van der Waals surface area contributed by atoms with Crippen molar-refractivity contribution in [3.63, 3.8) is 0 Å². The third-order valence-corrected chi connectivity index (χ3v) is 4.66. The summed E-state index contributed by atoms with van der Waals surface area (Å²) in [5, 5.41) is 19.1. The number of urea groups is 1. The number of fused-ring (bicyclic) bond motifs is 2. The van der Waals surface area contributed by atoms with Crippen LogP contribution in [0.4, 0.5) is 18.4 Å². The van der Waals surface area contributed by atoms with Crippen LogP contribution in [0.1, 0.15) is 13.3 Å². The minimum atomic E-state index is -3.15. The summed E-state index contributed by atoms with van der Waals surface area (Å²) in [4.78, 5) is 41.9. The maximum atomic E-state index is 13.4. The zero-order valence-corrected chi connectivity index (χ0v) is 13.8. The molecule has 0 saturated carbocycles. The first-order valence-electron chi connectivity index (χ1n) is 7.87. The van der Waals surface area contributed by atoms with Gasteiger partial charge in [-0.25, -0.2) is 23.9 Å². The summed E-state index contributed by atoms with van der Waals surface area (Å²) < 4.78 is 26.8. The Bertz CT molecular complexity index is 672. The Morgan fingerprint density at radius 2 is 2.15 bits per heavy atom. The molecule has 2 bridgehead atoms. The van der Waals surface area contributed by atoms with E-state index in [-0.39, 0.29) is 6.54 Å². The molecule has 0 aromatic heterocycles. The van der Waals surface area contributed by atoms with Crippen LogP contribution < -0.4 is 5.48 Å². The number of nitrogens with one attached hydrogen (secondary N) is 1. The third-order valence-electron chi connectivity index (χ3n) is 4.66. The summed E-state index contributed by atoms with van der Waals surface area (Å²) in [7, 11) is 0. The lowest BCUT2D eigenvalue weighted by molar-refractivity contribution is -0.138. The number of likely N-dealkylation sites (tertiary alicyclic amines) is 1. The lowest BCUT2D eigenvalue weighted by Gasteiger charge is -2.29. The lowest BCUT2D eigenvalue weighted by Crippen LogP contribution is -2.50. The summed E-state index contributed by atoms with van der Waals surface area (Å²) in [6.45, 7) is 0.364. The number of hydrogen-bond acceptors (Lipinski definition) is 5. The standard InChI is InChI=1S/C14H18F2N4O6/c1-7-2-8-4-18(12(22)20(8)25)10(7)11(21)17-26-5-9-3-14(15,16)6-19(9)13(23)24/h2,8-10,25H,3-6H2,1H3,(H,17,21)(H,23,24)/t8-,9+,10+/m1/s1. The van der Waals surface area contributed by atoms with Gasteiger partial charge in [0.2, 0.25) is 0 Å². The maximum Gasteiger partial charge on any atom is 0.407 e. The predicted molar refractivity (Wildman–Crippen MR) is 79.2 cm³/mol. The summed E-state index contributed by atoms with van der Waals surface area (Å²) in [5.41, 5.74) is 2.60. The molecule has 2 fully saturated rings. The van der Waals surface area contributed by atoms with Crippen molar-refractivity contribution in [2.75, 3.05) is 19.7 Å². The van der Waals surface area contributed by atoms with Crippen LogP contribution in [0.3, 0.4) is 0 Å². The van der Waals surface area contributed by atoms with Gasteiger partial charge in [-0.1, -0.05) is 6.08 Å². The Morgan fingerprint density at radius 3 is 2.81 bits per heavy atom. The first-order valence-corrected chi connectivity index (χ1v) is 7.87. The van der Waals surface area contributed by atoms with Crippen molar-refractivity contribution in [2.24, 2.45) is 0 Å². The number of halogens is 2. The molecule has 3 heterocycles. The van der Waals surface area contributed by atoms with Gasteiger partial charge in [-0.3, -0.25) is 19.7 Å². The molecule has 3 rings (SSSR count).